The van der Waals surface area contributed by atoms with Crippen molar-refractivity contribution in [2.24, 2.45) is 0 Å². The minimum absolute atomic E-state index is 0.0719. The second-order valence-electron chi connectivity index (χ2n) is 5.25. The van der Waals surface area contributed by atoms with E-state index in [1.807, 2.05) is 36.1 Å². The maximum absolute atomic E-state index is 12.5. The highest BCUT2D eigenvalue weighted by molar-refractivity contribution is 5.95. The first-order valence-corrected chi connectivity index (χ1v) is 7.40. The molecule has 0 atom stereocenters. The lowest BCUT2D eigenvalue weighted by Gasteiger charge is -2.32. The molecule has 1 aromatic rings. The summed E-state index contributed by atoms with van der Waals surface area (Å²) in [5, 5.41) is 2.83. The summed E-state index contributed by atoms with van der Waals surface area (Å²) in [5.41, 5.74) is 1.75. The Labute approximate surface area is 125 Å². The molecule has 5 nitrogen and oxygen atoms in total. The van der Waals surface area contributed by atoms with E-state index in [4.69, 9.17) is 4.74 Å². The fourth-order valence-corrected chi connectivity index (χ4v) is 2.55. The van der Waals surface area contributed by atoms with E-state index in [1.165, 1.54) is 0 Å². The Morgan fingerprint density at radius 1 is 1.29 bits per heavy atom. The molecule has 1 aliphatic rings. The minimum atomic E-state index is -0.374. The molecule has 0 spiro atoms. The molecule has 1 heterocycles. The van der Waals surface area contributed by atoms with Crippen LogP contribution in [0.5, 0.6) is 0 Å². The Bertz CT molecular complexity index is 508. The summed E-state index contributed by atoms with van der Waals surface area (Å²) in [6.07, 6.45) is 1.15. The fraction of sp³-hybridized carbons (Fsp3) is 0.500. The molecule has 0 aliphatic carbocycles. The Hall–Kier alpha value is -2.04. The lowest BCUT2D eigenvalue weighted by atomic mass is 10.0. The van der Waals surface area contributed by atoms with Crippen molar-refractivity contribution in [3.63, 3.8) is 0 Å². The summed E-state index contributed by atoms with van der Waals surface area (Å²) in [5.74, 6) is 0.0719. The maximum Gasteiger partial charge on any atom is 0.407 e. The number of benzene rings is 1. The predicted octanol–water partition coefficient (Wildman–Crippen LogP) is 2.35. The van der Waals surface area contributed by atoms with Crippen molar-refractivity contribution in [3.05, 3.63) is 35.4 Å². The molecular weight excluding hydrogens is 268 g/mol. The third-order valence-corrected chi connectivity index (χ3v) is 3.76. The van der Waals surface area contributed by atoms with Gasteiger partial charge in [-0.15, -0.1) is 0 Å². The molecule has 1 N–H and O–H groups in total. The van der Waals surface area contributed by atoms with E-state index in [1.54, 1.807) is 6.92 Å². The largest absolute Gasteiger partial charge is 0.450 e. The van der Waals surface area contributed by atoms with E-state index in [0.717, 1.165) is 24.0 Å². The average molecular weight is 290 g/mol. The monoisotopic (exact) mass is 290 g/mol. The van der Waals surface area contributed by atoms with Gasteiger partial charge in [-0.3, -0.25) is 4.79 Å². The lowest BCUT2D eigenvalue weighted by molar-refractivity contribution is 0.0702. The van der Waals surface area contributed by atoms with Crippen molar-refractivity contribution in [1.29, 1.82) is 0 Å². The molecule has 0 aromatic heterocycles. The van der Waals surface area contributed by atoms with Gasteiger partial charge in [0.1, 0.15) is 0 Å². The van der Waals surface area contributed by atoms with Crippen LogP contribution in [0, 0.1) is 6.92 Å². The zero-order valence-corrected chi connectivity index (χ0v) is 12.6. The van der Waals surface area contributed by atoms with Crippen molar-refractivity contribution < 1.29 is 14.3 Å². The van der Waals surface area contributed by atoms with Gasteiger partial charge in [-0.05, 0) is 38.3 Å². The first kappa shape index (κ1) is 15.4. The first-order valence-electron chi connectivity index (χ1n) is 7.40. The van der Waals surface area contributed by atoms with Gasteiger partial charge in [0.25, 0.3) is 5.91 Å². The molecule has 0 unspecified atom stereocenters. The van der Waals surface area contributed by atoms with E-state index >= 15 is 0 Å². The lowest BCUT2D eigenvalue weighted by Crippen LogP contribution is -2.46. The van der Waals surface area contributed by atoms with Gasteiger partial charge >= 0.3 is 6.09 Å². The molecule has 21 heavy (non-hydrogen) atoms. The van der Waals surface area contributed by atoms with Crippen LogP contribution in [-0.4, -0.2) is 42.6 Å². The third kappa shape index (κ3) is 3.97. The van der Waals surface area contributed by atoms with Crippen molar-refractivity contribution in [2.45, 2.75) is 32.7 Å². The Morgan fingerprint density at radius 2 is 1.95 bits per heavy atom. The molecule has 1 aliphatic heterocycles. The molecule has 1 aromatic carbocycles. The van der Waals surface area contributed by atoms with Gasteiger partial charge in [-0.2, -0.15) is 0 Å². The van der Waals surface area contributed by atoms with Gasteiger partial charge in [0.15, 0.2) is 0 Å². The molecule has 0 radical (unpaired) electrons. The van der Waals surface area contributed by atoms with E-state index in [-0.39, 0.29) is 18.0 Å². The number of carbonyl (C=O) groups is 2. The van der Waals surface area contributed by atoms with Crippen molar-refractivity contribution in [3.8, 4) is 0 Å². The number of nitrogens with zero attached hydrogens (tertiary/aromatic N) is 1. The zero-order valence-electron chi connectivity index (χ0n) is 12.6. The highest BCUT2D eigenvalue weighted by Gasteiger charge is 2.25. The predicted molar refractivity (Wildman–Crippen MR) is 80.3 cm³/mol. The van der Waals surface area contributed by atoms with E-state index in [9.17, 15) is 9.59 Å². The smallest absolute Gasteiger partial charge is 0.407 e. The van der Waals surface area contributed by atoms with E-state index in [2.05, 4.69) is 5.32 Å². The quantitative estimate of drug-likeness (QED) is 0.929. The van der Waals surface area contributed by atoms with Crippen LogP contribution in [0.2, 0.25) is 0 Å². The van der Waals surface area contributed by atoms with Gasteiger partial charge in [0.2, 0.25) is 0 Å². The number of piperidine rings is 1. The van der Waals surface area contributed by atoms with Crippen LogP contribution in [0.3, 0.4) is 0 Å². The molecule has 1 saturated heterocycles. The molecule has 2 rings (SSSR count). The van der Waals surface area contributed by atoms with Gasteiger partial charge in [-0.1, -0.05) is 18.2 Å². The van der Waals surface area contributed by atoms with Crippen molar-refractivity contribution >= 4 is 12.0 Å². The number of likely N-dealkylation sites (tertiary alicyclic amines) is 1. The zero-order chi connectivity index (χ0) is 15.2. The van der Waals surface area contributed by atoms with Crippen molar-refractivity contribution in [1.82, 2.24) is 10.2 Å². The van der Waals surface area contributed by atoms with Crippen LogP contribution in [-0.2, 0) is 4.74 Å². The second kappa shape index (κ2) is 7.11. The van der Waals surface area contributed by atoms with Crippen LogP contribution in [0.1, 0.15) is 35.7 Å². The number of hydrogen-bond donors (Lipinski definition) is 1. The van der Waals surface area contributed by atoms with Crippen LogP contribution in [0.25, 0.3) is 0 Å². The second-order valence-corrected chi connectivity index (χ2v) is 5.25. The maximum atomic E-state index is 12.5. The summed E-state index contributed by atoms with van der Waals surface area (Å²) >= 11 is 0. The summed E-state index contributed by atoms with van der Waals surface area (Å²) in [4.78, 5) is 25.7. The Morgan fingerprint density at radius 3 is 2.57 bits per heavy atom. The molecule has 0 saturated carbocycles. The number of ether oxygens (including phenoxy) is 1. The average Bonchev–Trinajstić information content (AvgIpc) is 2.48. The topological polar surface area (TPSA) is 58.6 Å². The number of nitrogens with one attached hydrogen (secondary N) is 1. The SMILES string of the molecule is CCOC(=O)NC1CCN(C(=O)c2ccccc2C)CC1. The Kier molecular flexibility index (Phi) is 5.20. The van der Waals surface area contributed by atoms with Crippen LogP contribution < -0.4 is 5.32 Å². The van der Waals surface area contributed by atoms with Gasteiger partial charge in [0, 0.05) is 24.7 Å². The number of rotatable bonds is 3. The number of hydrogen-bond acceptors (Lipinski definition) is 3. The summed E-state index contributed by atoms with van der Waals surface area (Å²) in [6.45, 7) is 5.41. The number of alkyl carbamates (subject to hydrolysis) is 1. The normalized spacial score (nSPS) is 15.6. The highest BCUT2D eigenvalue weighted by atomic mass is 16.5. The van der Waals surface area contributed by atoms with Crippen LogP contribution in [0.4, 0.5) is 4.79 Å². The molecule has 5 heteroatoms. The summed E-state index contributed by atoms with van der Waals surface area (Å²) in [6, 6.07) is 7.71. The molecule has 114 valence electrons. The molecule has 1 fully saturated rings. The van der Waals surface area contributed by atoms with Gasteiger partial charge in [0.05, 0.1) is 6.61 Å². The van der Waals surface area contributed by atoms with Crippen LogP contribution >= 0.6 is 0 Å². The fourth-order valence-electron chi connectivity index (χ4n) is 2.55. The number of amides is 2. The third-order valence-electron chi connectivity index (χ3n) is 3.76. The minimum Gasteiger partial charge on any atom is -0.450 e. The molecule has 2 amide bonds. The standard InChI is InChI=1S/C16H22N2O3/c1-3-21-16(20)17-13-8-10-18(11-9-13)15(19)14-7-5-4-6-12(14)2/h4-7,13H,3,8-11H2,1-2H3,(H,17,20). The van der Waals surface area contributed by atoms with Crippen LogP contribution in [0.15, 0.2) is 24.3 Å². The van der Waals surface area contributed by atoms with E-state index in [0.29, 0.717) is 19.7 Å². The van der Waals surface area contributed by atoms with Gasteiger partial charge in [-0.25, -0.2) is 4.79 Å². The van der Waals surface area contributed by atoms with E-state index < -0.39 is 0 Å². The van der Waals surface area contributed by atoms with Gasteiger partial charge < -0.3 is 15.0 Å². The first-order chi connectivity index (χ1) is 10.1. The number of carbonyl (C=O) groups excluding carboxylic acids is 2. The number of aryl methyl sites for hydroxylation is 1. The Balaban J connectivity index is 1.88. The highest BCUT2D eigenvalue weighted by Crippen LogP contribution is 2.16. The molecule has 0 bridgehead atoms. The van der Waals surface area contributed by atoms with Crippen molar-refractivity contribution in [2.75, 3.05) is 19.7 Å². The molecular formula is C16H22N2O3. The summed E-state index contributed by atoms with van der Waals surface area (Å²) < 4.78 is 4.87. The summed E-state index contributed by atoms with van der Waals surface area (Å²) in [7, 11) is 0.